The van der Waals surface area contributed by atoms with E-state index in [0.29, 0.717) is 36.8 Å². The highest BCUT2D eigenvalue weighted by Crippen LogP contribution is 2.20. The molecule has 1 aliphatic heterocycles. The van der Waals surface area contributed by atoms with Crippen molar-refractivity contribution in [1.29, 1.82) is 0 Å². The molecule has 0 unspecified atom stereocenters. The minimum Gasteiger partial charge on any atom is -0.336 e. The van der Waals surface area contributed by atoms with Crippen molar-refractivity contribution in [2.45, 2.75) is 13.5 Å². The Balaban J connectivity index is 1.74. The molecule has 0 aliphatic carbocycles. The van der Waals surface area contributed by atoms with E-state index in [9.17, 15) is 9.59 Å². The second kappa shape index (κ2) is 7.57. The molecule has 1 saturated heterocycles. The second-order valence-electron chi connectivity index (χ2n) is 5.84. The first kappa shape index (κ1) is 17.3. The van der Waals surface area contributed by atoms with Gasteiger partial charge in [0.05, 0.1) is 0 Å². The third kappa shape index (κ3) is 3.77. The summed E-state index contributed by atoms with van der Waals surface area (Å²) in [7, 11) is 0. The average Bonchev–Trinajstić information content (AvgIpc) is 3.06. The summed E-state index contributed by atoms with van der Waals surface area (Å²) in [6.45, 7) is 4.27. The Labute approximate surface area is 152 Å². The Morgan fingerprint density at radius 3 is 2.52 bits per heavy atom. The molecule has 1 N–H and O–H groups in total. The summed E-state index contributed by atoms with van der Waals surface area (Å²) in [5, 5.41) is 3.42. The van der Waals surface area contributed by atoms with Gasteiger partial charge >= 0.3 is 6.03 Å². The molecule has 3 rings (SSSR count). The zero-order valence-electron chi connectivity index (χ0n) is 14.0. The maximum Gasteiger partial charge on any atom is 0.321 e. The summed E-state index contributed by atoms with van der Waals surface area (Å²) in [6.07, 6.45) is 0. The van der Waals surface area contributed by atoms with E-state index in [1.807, 2.05) is 43.3 Å². The van der Waals surface area contributed by atoms with Crippen LogP contribution in [0.5, 0.6) is 0 Å². The van der Waals surface area contributed by atoms with Gasteiger partial charge in [0.15, 0.2) is 0 Å². The summed E-state index contributed by atoms with van der Waals surface area (Å²) in [4.78, 5) is 27.9. The van der Waals surface area contributed by atoms with Crippen molar-refractivity contribution in [3.8, 4) is 0 Å². The topological polar surface area (TPSA) is 52.7 Å². The van der Waals surface area contributed by atoms with E-state index < -0.39 is 0 Å². The van der Waals surface area contributed by atoms with Crippen LogP contribution in [0.1, 0.15) is 22.8 Å². The fraction of sp³-hybridized carbons (Fsp3) is 0.263. The van der Waals surface area contributed by atoms with E-state index in [-0.39, 0.29) is 11.9 Å². The van der Waals surface area contributed by atoms with Gasteiger partial charge in [-0.05, 0) is 42.8 Å². The molecule has 1 fully saturated rings. The highest BCUT2D eigenvalue weighted by Gasteiger charge is 2.22. The van der Waals surface area contributed by atoms with E-state index in [0.717, 1.165) is 11.3 Å². The lowest BCUT2D eigenvalue weighted by molar-refractivity contribution is 0.0752. The predicted octanol–water partition coefficient (Wildman–Crippen LogP) is 3.53. The molecule has 0 radical (unpaired) electrons. The first-order valence-electron chi connectivity index (χ1n) is 8.28. The molecule has 3 amide bonds. The number of rotatable bonds is 5. The van der Waals surface area contributed by atoms with Crippen LogP contribution in [-0.2, 0) is 6.54 Å². The standard InChI is InChI=1S/C19H20ClN3O2/c1-2-22(13-15-5-3-4-6-17(15)20)18(24)14-7-9-16(10-8-14)23-12-11-21-19(23)25/h3-10H,2,11-13H2,1H3,(H,21,25). The van der Waals surface area contributed by atoms with Crippen LogP contribution in [0, 0.1) is 0 Å². The third-order valence-electron chi connectivity index (χ3n) is 4.27. The molecule has 2 aromatic carbocycles. The van der Waals surface area contributed by atoms with Crippen LogP contribution >= 0.6 is 11.6 Å². The quantitative estimate of drug-likeness (QED) is 0.890. The van der Waals surface area contributed by atoms with Gasteiger partial charge in [0.25, 0.3) is 5.91 Å². The highest BCUT2D eigenvalue weighted by atomic mass is 35.5. The number of halogens is 1. The van der Waals surface area contributed by atoms with Crippen molar-refractivity contribution in [1.82, 2.24) is 10.2 Å². The molecule has 1 heterocycles. The number of hydrogen-bond acceptors (Lipinski definition) is 2. The van der Waals surface area contributed by atoms with Gasteiger partial charge in [-0.2, -0.15) is 0 Å². The maximum atomic E-state index is 12.8. The third-order valence-corrected chi connectivity index (χ3v) is 4.64. The number of carbonyl (C=O) groups is 2. The zero-order chi connectivity index (χ0) is 17.8. The monoisotopic (exact) mass is 357 g/mol. The van der Waals surface area contributed by atoms with E-state index in [4.69, 9.17) is 11.6 Å². The molecular formula is C19H20ClN3O2. The predicted molar refractivity (Wildman–Crippen MR) is 99.1 cm³/mol. The zero-order valence-corrected chi connectivity index (χ0v) is 14.8. The van der Waals surface area contributed by atoms with Crippen molar-refractivity contribution in [3.05, 3.63) is 64.7 Å². The largest absolute Gasteiger partial charge is 0.336 e. The lowest BCUT2D eigenvalue weighted by Crippen LogP contribution is -2.30. The fourth-order valence-corrected chi connectivity index (χ4v) is 3.04. The van der Waals surface area contributed by atoms with Crippen molar-refractivity contribution in [3.63, 3.8) is 0 Å². The minimum atomic E-state index is -0.104. The summed E-state index contributed by atoms with van der Waals surface area (Å²) in [5.41, 5.74) is 2.31. The van der Waals surface area contributed by atoms with Crippen LogP contribution in [0.15, 0.2) is 48.5 Å². The molecular weight excluding hydrogens is 338 g/mol. The van der Waals surface area contributed by atoms with Crippen molar-refractivity contribution < 1.29 is 9.59 Å². The Kier molecular flexibility index (Phi) is 5.24. The van der Waals surface area contributed by atoms with Crippen LogP contribution < -0.4 is 10.2 Å². The number of carbonyl (C=O) groups excluding carboxylic acids is 2. The van der Waals surface area contributed by atoms with Crippen LogP contribution in [0.3, 0.4) is 0 Å². The SMILES string of the molecule is CCN(Cc1ccccc1Cl)C(=O)c1ccc(N2CCNC2=O)cc1. The minimum absolute atomic E-state index is 0.0557. The number of nitrogens with one attached hydrogen (secondary N) is 1. The van der Waals surface area contributed by atoms with E-state index in [1.54, 1.807) is 21.9 Å². The summed E-state index contributed by atoms with van der Waals surface area (Å²) >= 11 is 6.20. The number of urea groups is 1. The smallest absolute Gasteiger partial charge is 0.321 e. The molecule has 0 aromatic heterocycles. The van der Waals surface area contributed by atoms with Crippen LogP contribution in [0.25, 0.3) is 0 Å². The van der Waals surface area contributed by atoms with Gasteiger partial charge in [0.2, 0.25) is 0 Å². The van der Waals surface area contributed by atoms with Crippen LogP contribution in [0.4, 0.5) is 10.5 Å². The van der Waals surface area contributed by atoms with E-state index in [2.05, 4.69) is 5.32 Å². The Morgan fingerprint density at radius 1 is 1.20 bits per heavy atom. The molecule has 0 saturated carbocycles. The van der Waals surface area contributed by atoms with Crippen molar-refractivity contribution in [2.75, 3.05) is 24.5 Å². The number of nitrogens with zero attached hydrogens (tertiary/aromatic N) is 2. The van der Waals surface area contributed by atoms with Gasteiger partial charge < -0.3 is 10.2 Å². The Bertz CT molecular complexity index is 776. The average molecular weight is 358 g/mol. The van der Waals surface area contributed by atoms with Crippen molar-refractivity contribution in [2.24, 2.45) is 0 Å². The van der Waals surface area contributed by atoms with E-state index in [1.165, 1.54) is 0 Å². The molecule has 1 aliphatic rings. The Hall–Kier alpha value is -2.53. The molecule has 0 spiro atoms. The van der Waals surface area contributed by atoms with Crippen LogP contribution in [0.2, 0.25) is 5.02 Å². The van der Waals surface area contributed by atoms with Gasteiger partial charge in [0.1, 0.15) is 0 Å². The summed E-state index contributed by atoms with van der Waals surface area (Å²) < 4.78 is 0. The molecule has 25 heavy (non-hydrogen) atoms. The normalized spacial score (nSPS) is 13.7. The van der Waals surface area contributed by atoms with Gasteiger partial charge in [-0.15, -0.1) is 0 Å². The van der Waals surface area contributed by atoms with Gasteiger partial charge in [-0.3, -0.25) is 9.69 Å². The number of benzene rings is 2. The fourth-order valence-electron chi connectivity index (χ4n) is 2.84. The molecule has 0 atom stereocenters. The van der Waals surface area contributed by atoms with Crippen molar-refractivity contribution >= 4 is 29.2 Å². The Morgan fingerprint density at radius 2 is 1.92 bits per heavy atom. The van der Waals surface area contributed by atoms with E-state index >= 15 is 0 Å². The second-order valence-corrected chi connectivity index (χ2v) is 6.25. The maximum absolute atomic E-state index is 12.8. The first-order chi connectivity index (χ1) is 12.1. The molecule has 5 nitrogen and oxygen atoms in total. The lowest BCUT2D eigenvalue weighted by atomic mass is 10.1. The van der Waals surface area contributed by atoms with Crippen LogP contribution in [-0.4, -0.2) is 36.5 Å². The number of anilines is 1. The van der Waals surface area contributed by atoms with Gasteiger partial charge in [-0.25, -0.2) is 4.79 Å². The number of hydrogen-bond donors (Lipinski definition) is 1. The molecule has 6 heteroatoms. The van der Waals surface area contributed by atoms with Gasteiger partial charge in [-0.1, -0.05) is 29.8 Å². The highest BCUT2D eigenvalue weighted by molar-refractivity contribution is 6.31. The first-order valence-corrected chi connectivity index (χ1v) is 8.66. The number of amides is 3. The van der Waals surface area contributed by atoms with Gasteiger partial charge in [0, 0.05) is 42.5 Å². The summed E-state index contributed by atoms with van der Waals surface area (Å²) in [6, 6.07) is 14.6. The molecule has 130 valence electrons. The lowest BCUT2D eigenvalue weighted by Gasteiger charge is -2.22. The molecule has 2 aromatic rings. The summed E-state index contributed by atoms with van der Waals surface area (Å²) in [5.74, 6) is -0.0557. The molecule has 0 bridgehead atoms.